The third kappa shape index (κ3) is 22.6. The minimum absolute atomic E-state index is 0.284. The summed E-state index contributed by atoms with van der Waals surface area (Å²) in [5, 5.41) is 41.1. The molecule has 49 heavy (non-hydrogen) atoms. The maximum Gasteiger partial charge on any atom is 0.412 e. The molecule has 292 valence electrons. The first kappa shape index (κ1) is 46.1. The molecule has 1 rings (SSSR count). The van der Waals surface area contributed by atoms with E-state index in [-0.39, 0.29) is 6.10 Å². The lowest BCUT2D eigenvalue weighted by Gasteiger charge is -2.44. The summed E-state index contributed by atoms with van der Waals surface area (Å²) in [6, 6.07) is 0. The van der Waals surface area contributed by atoms with Gasteiger partial charge >= 0.3 is 6.09 Å². The molecule has 0 bridgehead atoms. The fourth-order valence-corrected chi connectivity index (χ4v) is 7.06. The molecule has 0 spiro atoms. The van der Waals surface area contributed by atoms with Crippen molar-refractivity contribution in [2.24, 2.45) is 0 Å². The van der Waals surface area contributed by atoms with Gasteiger partial charge in [0.05, 0.1) is 6.61 Å². The normalized spacial score (nSPS) is 21.6. The molecule has 8 heteroatoms. The summed E-state index contributed by atoms with van der Waals surface area (Å²) in [5.74, 6) is 0. The molecule has 1 heterocycles. The summed E-state index contributed by atoms with van der Waals surface area (Å²) in [6.07, 6.45) is 28.5. The first-order valence-electron chi connectivity index (χ1n) is 21.1. The molecule has 0 aliphatic carbocycles. The van der Waals surface area contributed by atoms with Crippen molar-refractivity contribution in [2.45, 2.75) is 244 Å². The molecule has 1 aliphatic rings. The fourth-order valence-electron chi connectivity index (χ4n) is 7.06. The van der Waals surface area contributed by atoms with Gasteiger partial charge in [0.1, 0.15) is 30.5 Å². The molecule has 2 unspecified atom stereocenters. The summed E-state index contributed by atoms with van der Waals surface area (Å²) < 4.78 is 11.6. The number of carbonyl (C=O) groups is 1. The summed E-state index contributed by atoms with van der Waals surface area (Å²) in [6.45, 7) is 6.20. The fraction of sp³-hybridized carbons (Fsp3) is 0.976. The zero-order valence-corrected chi connectivity index (χ0v) is 32.3. The second-order valence-electron chi connectivity index (χ2n) is 15.1. The molecule has 0 aromatic rings. The number of nitrogens with zero attached hydrogens (tertiary/aromatic N) is 1. The van der Waals surface area contributed by atoms with Gasteiger partial charge in [-0.15, -0.1) is 0 Å². The van der Waals surface area contributed by atoms with E-state index >= 15 is 0 Å². The average molecular weight is 700 g/mol. The highest BCUT2D eigenvalue weighted by Gasteiger charge is 2.47. The van der Waals surface area contributed by atoms with Crippen LogP contribution >= 0.6 is 0 Å². The number of rotatable bonds is 33. The first-order chi connectivity index (χ1) is 23.9. The van der Waals surface area contributed by atoms with Crippen LogP contribution in [0.2, 0.25) is 0 Å². The van der Waals surface area contributed by atoms with Crippen LogP contribution in [0, 0.1) is 0 Å². The van der Waals surface area contributed by atoms with Crippen LogP contribution in [0.1, 0.15) is 207 Å². The predicted octanol–water partition coefficient (Wildman–Crippen LogP) is 9.97. The molecule has 0 saturated carbocycles. The second kappa shape index (κ2) is 31.8. The molecule has 0 aromatic carbocycles. The monoisotopic (exact) mass is 700 g/mol. The number of ether oxygens (including phenoxy) is 2. The Bertz CT molecular complexity index is 739. The maximum atomic E-state index is 13.4. The van der Waals surface area contributed by atoms with Crippen molar-refractivity contribution in [3.8, 4) is 0 Å². The van der Waals surface area contributed by atoms with Crippen molar-refractivity contribution >= 4 is 6.09 Å². The third-order valence-corrected chi connectivity index (χ3v) is 10.4. The van der Waals surface area contributed by atoms with Gasteiger partial charge in [0.25, 0.3) is 0 Å². The quantitative estimate of drug-likeness (QED) is 0.0504. The van der Waals surface area contributed by atoms with Gasteiger partial charge in [0, 0.05) is 6.54 Å². The Morgan fingerprint density at radius 1 is 0.571 bits per heavy atom. The number of amides is 1. The molecule has 1 aliphatic heterocycles. The smallest absolute Gasteiger partial charge is 0.412 e. The largest absolute Gasteiger partial charge is 0.446 e. The molecule has 0 radical (unpaired) electrons. The van der Waals surface area contributed by atoms with Crippen molar-refractivity contribution in [1.29, 1.82) is 0 Å². The zero-order chi connectivity index (χ0) is 36.0. The van der Waals surface area contributed by atoms with Crippen LogP contribution < -0.4 is 0 Å². The molecular formula is C41H81NO7. The van der Waals surface area contributed by atoms with E-state index in [1.165, 1.54) is 146 Å². The second-order valence-corrected chi connectivity index (χ2v) is 15.1. The lowest BCUT2D eigenvalue weighted by molar-refractivity contribution is -0.259. The highest BCUT2D eigenvalue weighted by atomic mass is 16.6. The summed E-state index contributed by atoms with van der Waals surface area (Å²) in [4.78, 5) is 14.7. The summed E-state index contributed by atoms with van der Waals surface area (Å²) in [7, 11) is 0. The van der Waals surface area contributed by atoms with Gasteiger partial charge in [0.2, 0.25) is 0 Å². The van der Waals surface area contributed by atoms with E-state index in [1.807, 2.05) is 6.92 Å². The lowest BCUT2D eigenvalue weighted by Crippen LogP contribution is -2.64. The molecule has 1 amide bonds. The average Bonchev–Trinajstić information content (AvgIpc) is 3.09. The van der Waals surface area contributed by atoms with Crippen molar-refractivity contribution in [1.82, 2.24) is 4.90 Å². The van der Waals surface area contributed by atoms with Gasteiger partial charge in [-0.3, -0.25) is 4.90 Å². The van der Waals surface area contributed by atoms with Crippen LogP contribution in [0.25, 0.3) is 0 Å². The van der Waals surface area contributed by atoms with E-state index in [9.17, 15) is 25.2 Å². The van der Waals surface area contributed by atoms with Gasteiger partial charge in [0.15, 0.2) is 6.23 Å². The standard InChI is InChI=1S/C41H81NO7/c1-4-6-8-10-12-14-16-18-19-20-21-22-24-26-28-30-32-35(3)48-41(47)42(40-39(46)38(45)37(44)36(34-43)49-40)33-31-29-27-25-23-17-15-13-11-9-7-5-2/h35-40,43-46H,4-34H2,1-3H3/t35?,36-,37+,38+,39-,40?/m1/s1. The highest BCUT2D eigenvalue weighted by Crippen LogP contribution is 2.26. The van der Waals surface area contributed by atoms with Crippen molar-refractivity contribution in [3.05, 3.63) is 0 Å². The van der Waals surface area contributed by atoms with Crippen LogP contribution in [0.3, 0.4) is 0 Å². The zero-order valence-electron chi connectivity index (χ0n) is 32.3. The Kier molecular flexibility index (Phi) is 29.9. The van der Waals surface area contributed by atoms with E-state index in [1.54, 1.807) is 0 Å². The molecular weight excluding hydrogens is 618 g/mol. The number of hydrogen-bond acceptors (Lipinski definition) is 7. The van der Waals surface area contributed by atoms with E-state index in [0.29, 0.717) is 13.0 Å². The summed E-state index contributed by atoms with van der Waals surface area (Å²) in [5.41, 5.74) is 0. The minimum atomic E-state index is -1.53. The molecule has 1 fully saturated rings. The van der Waals surface area contributed by atoms with Gasteiger partial charge in [-0.05, 0) is 26.2 Å². The van der Waals surface area contributed by atoms with Crippen LogP contribution in [-0.4, -0.2) is 81.3 Å². The molecule has 6 atom stereocenters. The Balaban J connectivity index is 2.33. The van der Waals surface area contributed by atoms with Gasteiger partial charge in [-0.1, -0.05) is 181 Å². The van der Waals surface area contributed by atoms with E-state index in [2.05, 4.69) is 13.8 Å². The molecule has 8 nitrogen and oxygen atoms in total. The third-order valence-electron chi connectivity index (χ3n) is 10.4. The number of carbonyl (C=O) groups excluding carboxylic acids is 1. The van der Waals surface area contributed by atoms with E-state index in [4.69, 9.17) is 9.47 Å². The number of aliphatic hydroxyl groups is 4. The van der Waals surface area contributed by atoms with E-state index < -0.39 is 43.3 Å². The maximum absolute atomic E-state index is 13.4. The lowest BCUT2D eigenvalue weighted by atomic mass is 9.97. The number of hydrogen-bond donors (Lipinski definition) is 4. The SMILES string of the molecule is CCCCCCCCCCCCCCCCCCC(C)OC(=O)N(CCCCCCCCCCCCCC)C1O[C@H](CO)[C@H](O)[C@H](O)[C@H]1O. The van der Waals surface area contributed by atoms with Crippen molar-refractivity contribution in [2.75, 3.05) is 13.2 Å². The Labute approximate surface area is 302 Å². The van der Waals surface area contributed by atoms with Crippen LogP contribution in [0.15, 0.2) is 0 Å². The van der Waals surface area contributed by atoms with Crippen LogP contribution in [0.5, 0.6) is 0 Å². The van der Waals surface area contributed by atoms with Crippen LogP contribution in [0.4, 0.5) is 4.79 Å². The van der Waals surface area contributed by atoms with E-state index in [0.717, 1.165) is 38.5 Å². The van der Waals surface area contributed by atoms with Gasteiger partial charge < -0.3 is 29.9 Å². The van der Waals surface area contributed by atoms with Gasteiger partial charge in [-0.2, -0.15) is 0 Å². The number of unbranched alkanes of at least 4 members (excludes halogenated alkanes) is 26. The van der Waals surface area contributed by atoms with Gasteiger partial charge in [-0.25, -0.2) is 4.79 Å². The van der Waals surface area contributed by atoms with Crippen molar-refractivity contribution < 1.29 is 34.7 Å². The topological polar surface area (TPSA) is 120 Å². The summed E-state index contributed by atoms with van der Waals surface area (Å²) >= 11 is 0. The van der Waals surface area contributed by atoms with Crippen molar-refractivity contribution in [3.63, 3.8) is 0 Å². The number of aliphatic hydroxyl groups excluding tert-OH is 4. The minimum Gasteiger partial charge on any atom is -0.446 e. The molecule has 4 N–H and O–H groups in total. The highest BCUT2D eigenvalue weighted by molar-refractivity contribution is 5.68. The Morgan fingerprint density at radius 2 is 0.939 bits per heavy atom. The predicted molar refractivity (Wildman–Crippen MR) is 202 cm³/mol. The first-order valence-corrected chi connectivity index (χ1v) is 21.1. The Hall–Kier alpha value is -0.930. The molecule has 0 aromatic heterocycles. The Morgan fingerprint density at radius 3 is 1.33 bits per heavy atom. The molecule has 1 saturated heterocycles. The van der Waals surface area contributed by atoms with Crippen LogP contribution in [-0.2, 0) is 9.47 Å².